The van der Waals surface area contributed by atoms with Crippen molar-refractivity contribution in [3.05, 3.63) is 39.2 Å². The Bertz CT molecular complexity index is 831. The summed E-state index contributed by atoms with van der Waals surface area (Å²) in [7, 11) is 1.66. The molecule has 2 N–H and O–H groups in total. The van der Waals surface area contributed by atoms with Gasteiger partial charge in [-0.25, -0.2) is 9.78 Å². The molecule has 7 heteroatoms. The number of halogens is 1. The number of oxazole rings is 1. The number of aromatic amines is 1. The van der Waals surface area contributed by atoms with E-state index in [4.69, 9.17) is 9.52 Å². The Balaban J connectivity index is 2.12. The molecule has 0 saturated carbocycles. The second-order valence-corrected chi connectivity index (χ2v) is 5.22. The van der Waals surface area contributed by atoms with Gasteiger partial charge in [-0.3, -0.25) is 4.57 Å². The number of H-pyrrole nitrogens is 1. The molecule has 3 rings (SSSR count). The molecule has 0 amide bonds. The van der Waals surface area contributed by atoms with Crippen molar-refractivity contribution in [2.24, 2.45) is 7.05 Å². The first-order chi connectivity index (χ1) is 9.60. The van der Waals surface area contributed by atoms with E-state index in [1.54, 1.807) is 13.1 Å². The quantitative estimate of drug-likeness (QED) is 0.763. The fourth-order valence-corrected chi connectivity index (χ4v) is 2.64. The van der Waals surface area contributed by atoms with E-state index in [0.29, 0.717) is 17.8 Å². The van der Waals surface area contributed by atoms with E-state index in [0.717, 1.165) is 21.4 Å². The van der Waals surface area contributed by atoms with Crippen LogP contribution in [-0.4, -0.2) is 26.2 Å². The molecule has 0 bridgehead atoms. The van der Waals surface area contributed by atoms with Crippen molar-refractivity contribution in [2.75, 3.05) is 6.61 Å². The minimum Gasteiger partial charge on any atom is -0.408 e. The van der Waals surface area contributed by atoms with Crippen molar-refractivity contribution in [1.29, 1.82) is 0 Å². The largest absolute Gasteiger partial charge is 0.419 e. The van der Waals surface area contributed by atoms with Crippen LogP contribution < -0.4 is 5.76 Å². The molecule has 0 unspecified atom stereocenters. The Morgan fingerprint density at radius 1 is 1.50 bits per heavy atom. The predicted molar refractivity (Wildman–Crippen MR) is 77.5 cm³/mol. The van der Waals surface area contributed by atoms with Gasteiger partial charge < -0.3 is 14.5 Å². The van der Waals surface area contributed by atoms with Gasteiger partial charge in [0.1, 0.15) is 16.1 Å². The fraction of sp³-hybridized carbons (Fsp3) is 0.231. The second-order valence-electron chi connectivity index (χ2n) is 4.43. The van der Waals surface area contributed by atoms with E-state index in [1.807, 2.05) is 12.1 Å². The summed E-state index contributed by atoms with van der Waals surface area (Å²) in [4.78, 5) is 19.0. The monoisotopic (exact) mass is 337 g/mol. The van der Waals surface area contributed by atoms with Crippen LogP contribution in [0.2, 0.25) is 0 Å². The van der Waals surface area contributed by atoms with Crippen molar-refractivity contribution in [1.82, 2.24) is 14.5 Å². The number of hydrogen-bond acceptors (Lipinski definition) is 4. The number of aliphatic hydroxyl groups is 1. The topological polar surface area (TPSA) is 84.1 Å². The van der Waals surface area contributed by atoms with Crippen LogP contribution in [0.15, 0.2) is 32.0 Å². The number of imidazole rings is 1. The zero-order valence-corrected chi connectivity index (χ0v) is 12.3. The first kappa shape index (κ1) is 13.1. The average Bonchev–Trinajstić information content (AvgIpc) is 2.91. The Morgan fingerprint density at radius 2 is 2.30 bits per heavy atom. The first-order valence-corrected chi connectivity index (χ1v) is 6.84. The van der Waals surface area contributed by atoms with Crippen LogP contribution in [0.4, 0.5) is 0 Å². The number of aromatic nitrogens is 3. The third kappa shape index (κ3) is 2.08. The van der Waals surface area contributed by atoms with E-state index in [-0.39, 0.29) is 12.4 Å². The lowest BCUT2D eigenvalue weighted by molar-refractivity contribution is 0.297. The summed E-state index contributed by atoms with van der Waals surface area (Å²) in [6, 6.07) is 5.48. The van der Waals surface area contributed by atoms with E-state index in [9.17, 15) is 4.79 Å². The number of benzene rings is 1. The number of nitrogens with one attached hydrogen (secondary N) is 1. The highest BCUT2D eigenvalue weighted by atomic mass is 79.9. The van der Waals surface area contributed by atoms with Gasteiger partial charge in [-0.2, -0.15) is 0 Å². The van der Waals surface area contributed by atoms with Gasteiger partial charge in [0, 0.05) is 19.0 Å². The minimum atomic E-state index is -0.390. The highest BCUT2D eigenvalue weighted by Gasteiger charge is 2.13. The smallest absolute Gasteiger partial charge is 0.408 e. The van der Waals surface area contributed by atoms with Crippen LogP contribution in [0.3, 0.4) is 0 Å². The SMILES string of the molecule is Cn1c(=O)oc2cc(-c3nc(CCO)[nH]c3Br)ccc21. The molecule has 0 aliphatic rings. The van der Waals surface area contributed by atoms with Gasteiger partial charge in [0.15, 0.2) is 5.58 Å². The Labute approximate surface area is 122 Å². The molecule has 0 fully saturated rings. The molecule has 3 aromatic rings. The van der Waals surface area contributed by atoms with Gasteiger partial charge in [-0.05, 0) is 28.1 Å². The maximum atomic E-state index is 11.5. The number of fused-ring (bicyclic) bond motifs is 1. The molecule has 0 radical (unpaired) electrons. The minimum absolute atomic E-state index is 0.0337. The van der Waals surface area contributed by atoms with Crippen LogP contribution in [0.25, 0.3) is 22.4 Å². The van der Waals surface area contributed by atoms with Gasteiger partial charge in [-0.15, -0.1) is 0 Å². The molecule has 2 aromatic heterocycles. The molecule has 0 aliphatic heterocycles. The molecular weight excluding hydrogens is 326 g/mol. The summed E-state index contributed by atoms with van der Waals surface area (Å²) in [5, 5.41) is 8.94. The van der Waals surface area contributed by atoms with Crippen LogP contribution in [-0.2, 0) is 13.5 Å². The normalized spacial score (nSPS) is 11.3. The van der Waals surface area contributed by atoms with Gasteiger partial charge in [0.05, 0.1) is 12.1 Å². The number of aryl methyl sites for hydroxylation is 1. The summed E-state index contributed by atoms with van der Waals surface area (Å²) in [6.45, 7) is 0.0337. The number of aliphatic hydroxyl groups excluding tert-OH is 1. The number of rotatable bonds is 3. The van der Waals surface area contributed by atoms with E-state index >= 15 is 0 Å². The van der Waals surface area contributed by atoms with Crippen molar-refractivity contribution >= 4 is 27.0 Å². The first-order valence-electron chi connectivity index (χ1n) is 6.05. The maximum Gasteiger partial charge on any atom is 0.419 e. The lowest BCUT2D eigenvalue weighted by Gasteiger charge is -1.98. The Hall–Kier alpha value is -1.86. The highest BCUT2D eigenvalue weighted by Crippen LogP contribution is 2.28. The summed E-state index contributed by atoms with van der Waals surface area (Å²) < 4.78 is 7.36. The second kappa shape index (κ2) is 4.92. The van der Waals surface area contributed by atoms with E-state index in [1.165, 1.54) is 4.57 Å². The lowest BCUT2D eigenvalue weighted by atomic mass is 10.1. The molecule has 0 spiro atoms. The van der Waals surface area contributed by atoms with Crippen molar-refractivity contribution in [2.45, 2.75) is 6.42 Å². The van der Waals surface area contributed by atoms with E-state index < -0.39 is 0 Å². The van der Waals surface area contributed by atoms with Crippen LogP contribution in [0.5, 0.6) is 0 Å². The molecule has 2 heterocycles. The van der Waals surface area contributed by atoms with Gasteiger partial charge in [0.2, 0.25) is 0 Å². The highest BCUT2D eigenvalue weighted by molar-refractivity contribution is 9.10. The van der Waals surface area contributed by atoms with Crippen molar-refractivity contribution in [3.63, 3.8) is 0 Å². The molecule has 20 heavy (non-hydrogen) atoms. The molecule has 6 nitrogen and oxygen atoms in total. The van der Waals surface area contributed by atoms with Crippen LogP contribution in [0.1, 0.15) is 5.82 Å². The summed E-state index contributed by atoms with van der Waals surface area (Å²) in [5.74, 6) is 0.309. The molecule has 0 saturated heterocycles. The van der Waals surface area contributed by atoms with Gasteiger partial charge in [0.25, 0.3) is 0 Å². The third-order valence-corrected chi connectivity index (χ3v) is 3.70. The standard InChI is InChI=1S/C13H12BrN3O3/c1-17-8-3-2-7(6-9(8)20-13(17)19)11-12(14)16-10(15-11)4-5-18/h2-3,6,18H,4-5H2,1H3,(H,15,16). The lowest BCUT2D eigenvalue weighted by Crippen LogP contribution is -2.08. The fourth-order valence-electron chi connectivity index (χ4n) is 2.09. The Kier molecular flexibility index (Phi) is 3.23. The average molecular weight is 338 g/mol. The predicted octanol–water partition coefficient (Wildman–Crippen LogP) is 1.82. The number of nitrogens with zero attached hydrogens (tertiary/aromatic N) is 2. The van der Waals surface area contributed by atoms with Gasteiger partial charge in [-0.1, -0.05) is 6.07 Å². The van der Waals surface area contributed by atoms with E-state index in [2.05, 4.69) is 25.9 Å². The van der Waals surface area contributed by atoms with Crippen molar-refractivity contribution in [3.8, 4) is 11.3 Å². The van der Waals surface area contributed by atoms with Crippen LogP contribution in [0, 0.1) is 0 Å². The summed E-state index contributed by atoms with van der Waals surface area (Å²) in [5.41, 5.74) is 2.82. The zero-order chi connectivity index (χ0) is 14.3. The van der Waals surface area contributed by atoms with Crippen LogP contribution >= 0.6 is 15.9 Å². The molecular formula is C13H12BrN3O3. The zero-order valence-electron chi connectivity index (χ0n) is 10.7. The molecule has 1 aromatic carbocycles. The number of hydrogen-bond donors (Lipinski definition) is 2. The third-order valence-electron chi connectivity index (χ3n) is 3.12. The maximum absolute atomic E-state index is 11.5. The summed E-state index contributed by atoms with van der Waals surface area (Å²) in [6.07, 6.45) is 0.460. The molecule has 104 valence electrons. The van der Waals surface area contributed by atoms with Crippen molar-refractivity contribution < 1.29 is 9.52 Å². The Morgan fingerprint density at radius 3 is 3.05 bits per heavy atom. The molecule has 0 aliphatic carbocycles. The molecule has 0 atom stereocenters. The summed E-state index contributed by atoms with van der Waals surface area (Å²) >= 11 is 3.41. The van der Waals surface area contributed by atoms with Gasteiger partial charge >= 0.3 is 5.76 Å².